The van der Waals surface area contributed by atoms with Gasteiger partial charge in [-0.05, 0) is 12.0 Å². The molecule has 0 bridgehead atoms. The zero-order valence-corrected chi connectivity index (χ0v) is 7.67. The van der Waals surface area contributed by atoms with Crippen LogP contribution in [0.25, 0.3) is 0 Å². The van der Waals surface area contributed by atoms with Gasteiger partial charge in [-0.25, -0.2) is 0 Å². The molecule has 0 radical (unpaired) electrons. The summed E-state index contributed by atoms with van der Waals surface area (Å²) < 4.78 is 0. The highest BCUT2D eigenvalue weighted by atomic mass is 16.3. The van der Waals surface area contributed by atoms with Gasteiger partial charge in [0.2, 0.25) is 0 Å². The SMILES string of the molecule is O=C[C@H](O)[C@@H](C=O)Cc1ccccc1. The molecule has 1 N–H and O–H groups in total. The van der Waals surface area contributed by atoms with Crippen LogP contribution in [0.3, 0.4) is 0 Å². The highest BCUT2D eigenvalue weighted by Crippen LogP contribution is 2.09. The third-order valence-electron chi connectivity index (χ3n) is 2.07. The minimum atomic E-state index is -1.20. The number of carbonyl (C=O) groups excluding carboxylic acids is 2. The highest BCUT2D eigenvalue weighted by Gasteiger charge is 2.17. The van der Waals surface area contributed by atoms with Gasteiger partial charge in [0, 0.05) is 0 Å². The van der Waals surface area contributed by atoms with Gasteiger partial charge in [-0.1, -0.05) is 30.3 Å². The number of aliphatic hydroxyl groups is 1. The van der Waals surface area contributed by atoms with Gasteiger partial charge < -0.3 is 14.7 Å². The van der Waals surface area contributed by atoms with Crippen LogP contribution in [0, 0.1) is 5.92 Å². The monoisotopic (exact) mass is 192 g/mol. The fourth-order valence-corrected chi connectivity index (χ4v) is 1.24. The van der Waals surface area contributed by atoms with E-state index in [1.54, 1.807) is 0 Å². The molecule has 0 aromatic heterocycles. The summed E-state index contributed by atoms with van der Waals surface area (Å²) in [6.07, 6.45) is 0.200. The molecule has 0 saturated heterocycles. The van der Waals surface area contributed by atoms with Crippen molar-refractivity contribution in [1.29, 1.82) is 0 Å². The molecule has 0 aliphatic rings. The number of hydrogen-bond acceptors (Lipinski definition) is 3. The van der Waals surface area contributed by atoms with Crippen molar-refractivity contribution in [3.63, 3.8) is 0 Å². The Hall–Kier alpha value is -1.48. The van der Waals surface area contributed by atoms with Crippen molar-refractivity contribution in [2.24, 2.45) is 5.92 Å². The fraction of sp³-hybridized carbons (Fsp3) is 0.273. The van der Waals surface area contributed by atoms with E-state index in [9.17, 15) is 14.7 Å². The largest absolute Gasteiger partial charge is 0.385 e. The van der Waals surface area contributed by atoms with E-state index in [1.165, 1.54) is 0 Å². The first kappa shape index (κ1) is 10.6. The van der Waals surface area contributed by atoms with E-state index in [1.807, 2.05) is 30.3 Å². The van der Waals surface area contributed by atoms with Gasteiger partial charge in [-0.3, -0.25) is 0 Å². The Labute approximate surface area is 82.4 Å². The van der Waals surface area contributed by atoms with Gasteiger partial charge in [-0.15, -0.1) is 0 Å². The molecule has 0 amide bonds. The molecule has 74 valence electrons. The van der Waals surface area contributed by atoms with Crippen LogP contribution in [0.2, 0.25) is 0 Å². The molecule has 1 rings (SSSR count). The molecular weight excluding hydrogens is 180 g/mol. The summed E-state index contributed by atoms with van der Waals surface area (Å²) in [6, 6.07) is 9.28. The summed E-state index contributed by atoms with van der Waals surface area (Å²) in [5.41, 5.74) is 0.936. The zero-order chi connectivity index (χ0) is 10.4. The first-order chi connectivity index (χ1) is 6.77. The number of hydrogen-bond donors (Lipinski definition) is 1. The maximum Gasteiger partial charge on any atom is 0.149 e. The molecule has 0 fully saturated rings. The van der Waals surface area contributed by atoms with Crippen LogP contribution in [-0.2, 0) is 16.0 Å². The third-order valence-corrected chi connectivity index (χ3v) is 2.07. The summed E-state index contributed by atoms with van der Waals surface area (Å²) >= 11 is 0. The molecule has 14 heavy (non-hydrogen) atoms. The Balaban J connectivity index is 2.66. The van der Waals surface area contributed by atoms with Crippen molar-refractivity contribution in [3.8, 4) is 0 Å². The zero-order valence-electron chi connectivity index (χ0n) is 7.67. The van der Waals surface area contributed by atoms with E-state index >= 15 is 0 Å². The lowest BCUT2D eigenvalue weighted by molar-refractivity contribution is -0.123. The molecular formula is C11H12O3. The van der Waals surface area contributed by atoms with E-state index in [-0.39, 0.29) is 0 Å². The molecule has 1 aromatic carbocycles. The van der Waals surface area contributed by atoms with Crippen molar-refractivity contribution < 1.29 is 14.7 Å². The molecule has 0 aliphatic heterocycles. The summed E-state index contributed by atoms with van der Waals surface area (Å²) in [5.74, 6) is -0.644. The molecule has 0 spiro atoms. The second kappa shape index (κ2) is 5.29. The van der Waals surface area contributed by atoms with Gasteiger partial charge in [0.05, 0.1) is 5.92 Å². The number of benzene rings is 1. The number of carbonyl (C=O) groups is 2. The van der Waals surface area contributed by atoms with Crippen molar-refractivity contribution in [1.82, 2.24) is 0 Å². The lowest BCUT2D eigenvalue weighted by Crippen LogP contribution is -2.25. The Bertz CT molecular complexity index is 295. The molecule has 0 unspecified atom stereocenters. The summed E-state index contributed by atoms with van der Waals surface area (Å²) in [4.78, 5) is 20.9. The first-order valence-corrected chi connectivity index (χ1v) is 4.40. The predicted molar refractivity (Wildman–Crippen MR) is 51.8 cm³/mol. The van der Waals surface area contributed by atoms with E-state index in [2.05, 4.69) is 0 Å². The summed E-state index contributed by atoms with van der Waals surface area (Å²) in [7, 11) is 0. The van der Waals surface area contributed by atoms with Crippen LogP contribution in [0.4, 0.5) is 0 Å². The molecule has 3 nitrogen and oxygen atoms in total. The maximum atomic E-state index is 10.6. The quantitative estimate of drug-likeness (QED) is 0.695. The van der Waals surface area contributed by atoms with Gasteiger partial charge in [0.15, 0.2) is 0 Å². The van der Waals surface area contributed by atoms with E-state index in [0.29, 0.717) is 19.0 Å². The lowest BCUT2D eigenvalue weighted by atomic mass is 9.96. The molecule has 1 aromatic rings. The van der Waals surface area contributed by atoms with E-state index < -0.39 is 12.0 Å². The number of rotatable bonds is 5. The molecule has 0 aliphatic carbocycles. The van der Waals surface area contributed by atoms with Crippen LogP contribution in [0.1, 0.15) is 5.56 Å². The van der Waals surface area contributed by atoms with Gasteiger partial charge >= 0.3 is 0 Å². The van der Waals surface area contributed by atoms with E-state index in [4.69, 9.17) is 0 Å². The average molecular weight is 192 g/mol. The topological polar surface area (TPSA) is 54.4 Å². The second-order valence-corrected chi connectivity index (χ2v) is 3.12. The van der Waals surface area contributed by atoms with Crippen LogP contribution < -0.4 is 0 Å². The lowest BCUT2D eigenvalue weighted by Gasteiger charge is -2.11. The minimum absolute atomic E-state index is 0.391. The maximum absolute atomic E-state index is 10.6. The minimum Gasteiger partial charge on any atom is -0.385 e. The van der Waals surface area contributed by atoms with Crippen molar-refractivity contribution >= 4 is 12.6 Å². The highest BCUT2D eigenvalue weighted by molar-refractivity contribution is 5.66. The summed E-state index contributed by atoms with van der Waals surface area (Å²) in [5, 5.41) is 9.18. The van der Waals surface area contributed by atoms with Crippen LogP contribution in [-0.4, -0.2) is 23.8 Å². The van der Waals surface area contributed by atoms with Gasteiger partial charge in [-0.2, -0.15) is 0 Å². The van der Waals surface area contributed by atoms with Crippen molar-refractivity contribution in [3.05, 3.63) is 35.9 Å². The Morgan fingerprint density at radius 1 is 1.14 bits per heavy atom. The third kappa shape index (κ3) is 2.78. The Kier molecular flexibility index (Phi) is 4.01. The molecule has 2 atom stereocenters. The first-order valence-electron chi connectivity index (χ1n) is 4.40. The van der Waals surface area contributed by atoms with E-state index in [0.717, 1.165) is 5.56 Å². The Morgan fingerprint density at radius 2 is 1.79 bits per heavy atom. The molecule has 0 heterocycles. The Morgan fingerprint density at radius 3 is 2.29 bits per heavy atom. The number of aldehydes is 2. The predicted octanol–water partition coefficient (Wildman–Crippen LogP) is 0.604. The molecule has 3 heteroatoms. The van der Waals surface area contributed by atoms with Crippen molar-refractivity contribution in [2.45, 2.75) is 12.5 Å². The van der Waals surface area contributed by atoms with Gasteiger partial charge in [0.25, 0.3) is 0 Å². The van der Waals surface area contributed by atoms with Crippen molar-refractivity contribution in [2.75, 3.05) is 0 Å². The second-order valence-electron chi connectivity index (χ2n) is 3.12. The smallest absolute Gasteiger partial charge is 0.149 e. The van der Waals surface area contributed by atoms with Gasteiger partial charge in [0.1, 0.15) is 18.7 Å². The van der Waals surface area contributed by atoms with Crippen LogP contribution >= 0.6 is 0 Å². The van der Waals surface area contributed by atoms with Crippen LogP contribution in [0.5, 0.6) is 0 Å². The fourth-order valence-electron chi connectivity index (χ4n) is 1.24. The van der Waals surface area contributed by atoms with Crippen LogP contribution in [0.15, 0.2) is 30.3 Å². The molecule has 0 saturated carbocycles. The average Bonchev–Trinajstić information content (AvgIpc) is 2.26. The number of aliphatic hydroxyl groups excluding tert-OH is 1. The normalized spacial score (nSPS) is 14.4. The summed E-state index contributed by atoms with van der Waals surface area (Å²) in [6.45, 7) is 0. The standard InChI is InChI=1S/C11H12O3/c12-7-10(11(14)8-13)6-9-4-2-1-3-5-9/h1-5,7-8,10-11,14H,6H2/t10-,11+/m1/s1.